The van der Waals surface area contributed by atoms with Crippen molar-refractivity contribution in [2.24, 2.45) is 0 Å². The van der Waals surface area contributed by atoms with Crippen LogP contribution in [-0.2, 0) is 4.79 Å². The molecule has 2 rings (SSSR count). The van der Waals surface area contributed by atoms with Gasteiger partial charge in [0, 0.05) is 11.2 Å². The summed E-state index contributed by atoms with van der Waals surface area (Å²) in [6, 6.07) is 4.74. The van der Waals surface area contributed by atoms with E-state index in [1.807, 2.05) is 0 Å². The SMILES string of the molecule is Cc1cc(C(=O)NCC(=O)Nc2cc(Cl)ccn2)c(C)o1. The van der Waals surface area contributed by atoms with Gasteiger partial charge in [-0.2, -0.15) is 0 Å². The molecule has 0 aliphatic heterocycles. The number of furan rings is 1. The minimum Gasteiger partial charge on any atom is -0.466 e. The Labute approximate surface area is 126 Å². The van der Waals surface area contributed by atoms with Crippen molar-refractivity contribution in [2.75, 3.05) is 11.9 Å². The van der Waals surface area contributed by atoms with Crippen molar-refractivity contribution in [3.8, 4) is 0 Å². The van der Waals surface area contributed by atoms with Gasteiger partial charge >= 0.3 is 0 Å². The van der Waals surface area contributed by atoms with Gasteiger partial charge in [0.05, 0.1) is 12.1 Å². The number of aromatic nitrogens is 1. The summed E-state index contributed by atoms with van der Waals surface area (Å²) in [6.07, 6.45) is 1.48. The standard InChI is InChI=1S/C14H14ClN3O3/c1-8-5-11(9(2)21-8)14(20)17-7-13(19)18-12-6-10(15)3-4-16-12/h3-6H,7H2,1-2H3,(H,17,20)(H,16,18,19). The van der Waals surface area contributed by atoms with Crippen LogP contribution in [0.2, 0.25) is 5.02 Å². The van der Waals surface area contributed by atoms with Gasteiger partial charge in [-0.1, -0.05) is 11.6 Å². The van der Waals surface area contributed by atoms with Crippen LogP contribution in [0.4, 0.5) is 5.82 Å². The van der Waals surface area contributed by atoms with E-state index in [4.69, 9.17) is 16.0 Å². The second-order valence-corrected chi connectivity index (χ2v) is 4.85. The number of hydrogen-bond donors (Lipinski definition) is 2. The zero-order valence-corrected chi connectivity index (χ0v) is 12.3. The first-order valence-corrected chi connectivity index (χ1v) is 6.60. The van der Waals surface area contributed by atoms with Crippen LogP contribution >= 0.6 is 11.6 Å². The minimum atomic E-state index is -0.393. The smallest absolute Gasteiger partial charge is 0.255 e. The molecule has 0 bridgehead atoms. The average Bonchev–Trinajstić information content (AvgIpc) is 2.75. The van der Waals surface area contributed by atoms with Crippen molar-refractivity contribution >= 4 is 29.2 Å². The minimum absolute atomic E-state index is 0.170. The normalized spacial score (nSPS) is 10.2. The largest absolute Gasteiger partial charge is 0.466 e. The first kappa shape index (κ1) is 15.1. The van der Waals surface area contributed by atoms with Crippen LogP contribution in [0.5, 0.6) is 0 Å². The molecule has 0 saturated heterocycles. The van der Waals surface area contributed by atoms with E-state index in [9.17, 15) is 9.59 Å². The number of rotatable bonds is 4. The third-order valence-corrected chi connectivity index (χ3v) is 2.92. The van der Waals surface area contributed by atoms with Gasteiger partial charge in [0.25, 0.3) is 5.91 Å². The molecule has 110 valence electrons. The fourth-order valence-electron chi connectivity index (χ4n) is 1.77. The topological polar surface area (TPSA) is 84.2 Å². The van der Waals surface area contributed by atoms with Crippen LogP contribution in [0.1, 0.15) is 21.9 Å². The summed E-state index contributed by atoms with van der Waals surface area (Å²) >= 11 is 5.78. The van der Waals surface area contributed by atoms with E-state index in [1.54, 1.807) is 26.0 Å². The zero-order chi connectivity index (χ0) is 15.4. The Hall–Kier alpha value is -2.34. The van der Waals surface area contributed by atoms with E-state index in [0.29, 0.717) is 27.9 Å². The molecule has 0 saturated carbocycles. The lowest BCUT2D eigenvalue weighted by Gasteiger charge is -2.06. The Morgan fingerprint density at radius 2 is 2.10 bits per heavy atom. The fourth-order valence-corrected chi connectivity index (χ4v) is 1.93. The number of anilines is 1. The molecule has 7 heteroatoms. The molecule has 6 nitrogen and oxygen atoms in total. The van der Waals surface area contributed by atoms with E-state index < -0.39 is 5.91 Å². The maximum atomic E-state index is 11.9. The molecular weight excluding hydrogens is 294 g/mol. The van der Waals surface area contributed by atoms with Crippen LogP contribution in [0.3, 0.4) is 0 Å². The van der Waals surface area contributed by atoms with Crippen molar-refractivity contribution in [2.45, 2.75) is 13.8 Å². The quantitative estimate of drug-likeness (QED) is 0.908. The molecule has 0 atom stereocenters. The van der Waals surface area contributed by atoms with Gasteiger partial charge in [0.15, 0.2) is 0 Å². The van der Waals surface area contributed by atoms with E-state index in [2.05, 4.69) is 15.6 Å². The first-order chi connectivity index (χ1) is 9.95. The Morgan fingerprint density at radius 1 is 1.33 bits per heavy atom. The van der Waals surface area contributed by atoms with Crippen molar-refractivity contribution < 1.29 is 14.0 Å². The molecule has 2 heterocycles. The van der Waals surface area contributed by atoms with Crippen LogP contribution in [0.25, 0.3) is 0 Å². The lowest BCUT2D eigenvalue weighted by molar-refractivity contribution is -0.115. The van der Waals surface area contributed by atoms with Crippen molar-refractivity contribution in [3.63, 3.8) is 0 Å². The van der Waals surface area contributed by atoms with Gasteiger partial charge in [-0.3, -0.25) is 9.59 Å². The maximum absolute atomic E-state index is 11.9. The van der Waals surface area contributed by atoms with E-state index in [1.165, 1.54) is 12.3 Å². The Bertz CT molecular complexity index is 682. The predicted octanol–water partition coefficient (Wildman–Crippen LogP) is 2.31. The van der Waals surface area contributed by atoms with Gasteiger partial charge in [0.1, 0.15) is 17.3 Å². The number of carbonyl (C=O) groups excluding carboxylic acids is 2. The van der Waals surface area contributed by atoms with Gasteiger partial charge in [-0.25, -0.2) is 4.98 Å². The van der Waals surface area contributed by atoms with Crippen molar-refractivity contribution in [3.05, 3.63) is 46.5 Å². The molecule has 0 fully saturated rings. The molecule has 2 aromatic heterocycles. The highest BCUT2D eigenvalue weighted by Gasteiger charge is 2.14. The number of hydrogen-bond acceptors (Lipinski definition) is 4. The predicted molar refractivity (Wildman–Crippen MR) is 78.4 cm³/mol. The highest BCUT2D eigenvalue weighted by Crippen LogP contribution is 2.13. The zero-order valence-electron chi connectivity index (χ0n) is 11.6. The van der Waals surface area contributed by atoms with Crippen LogP contribution in [0, 0.1) is 13.8 Å². The number of pyridine rings is 1. The lowest BCUT2D eigenvalue weighted by Crippen LogP contribution is -2.33. The number of aryl methyl sites for hydroxylation is 2. The van der Waals surface area contributed by atoms with E-state index in [0.717, 1.165) is 0 Å². The van der Waals surface area contributed by atoms with Crippen molar-refractivity contribution in [1.82, 2.24) is 10.3 Å². The van der Waals surface area contributed by atoms with Crippen LogP contribution in [-0.4, -0.2) is 23.3 Å². The van der Waals surface area contributed by atoms with Crippen LogP contribution in [0.15, 0.2) is 28.8 Å². The summed E-state index contributed by atoms with van der Waals surface area (Å²) in [5.74, 6) is 0.735. The number of nitrogens with zero attached hydrogens (tertiary/aromatic N) is 1. The summed E-state index contributed by atoms with van der Waals surface area (Å²) in [7, 11) is 0. The molecule has 0 radical (unpaired) electrons. The second-order valence-electron chi connectivity index (χ2n) is 4.42. The molecular formula is C14H14ClN3O3. The van der Waals surface area contributed by atoms with E-state index >= 15 is 0 Å². The summed E-state index contributed by atoms with van der Waals surface area (Å²) in [5, 5.41) is 5.52. The Kier molecular flexibility index (Phi) is 4.59. The molecule has 2 amide bonds. The highest BCUT2D eigenvalue weighted by atomic mass is 35.5. The van der Waals surface area contributed by atoms with Gasteiger partial charge in [-0.15, -0.1) is 0 Å². The van der Waals surface area contributed by atoms with Crippen molar-refractivity contribution in [1.29, 1.82) is 0 Å². The molecule has 0 aromatic carbocycles. The maximum Gasteiger partial charge on any atom is 0.255 e. The summed E-state index contributed by atoms with van der Waals surface area (Å²) in [4.78, 5) is 27.6. The number of halogens is 1. The number of carbonyl (C=O) groups is 2. The average molecular weight is 308 g/mol. The molecule has 2 aromatic rings. The second kappa shape index (κ2) is 6.41. The number of amides is 2. The number of nitrogens with one attached hydrogen (secondary N) is 2. The molecule has 0 unspecified atom stereocenters. The third-order valence-electron chi connectivity index (χ3n) is 2.68. The molecule has 0 aliphatic rings. The lowest BCUT2D eigenvalue weighted by atomic mass is 10.2. The summed E-state index contributed by atoms with van der Waals surface area (Å²) in [5.41, 5.74) is 0.418. The van der Waals surface area contributed by atoms with Gasteiger partial charge in [-0.05, 0) is 32.0 Å². The first-order valence-electron chi connectivity index (χ1n) is 6.22. The highest BCUT2D eigenvalue weighted by molar-refractivity contribution is 6.30. The van der Waals surface area contributed by atoms with Gasteiger partial charge in [0.2, 0.25) is 5.91 Å². The Balaban J connectivity index is 1.89. The molecule has 2 N–H and O–H groups in total. The Morgan fingerprint density at radius 3 is 2.71 bits per heavy atom. The summed E-state index contributed by atoms with van der Waals surface area (Å²) < 4.78 is 5.27. The monoisotopic (exact) mass is 307 g/mol. The van der Waals surface area contributed by atoms with E-state index in [-0.39, 0.29) is 12.5 Å². The third kappa shape index (κ3) is 4.06. The molecule has 0 spiro atoms. The molecule has 0 aliphatic carbocycles. The molecule has 21 heavy (non-hydrogen) atoms. The summed E-state index contributed by atoms with van der Waals surface area (Å²) in [6.45, 7) is 3.27. The van der Waals surface area contributed by atoms with Gasteiger partial charge < -0.3 is 15.1 Å². The van der Waals surface area contributed by atoms with Crippen LogP contribution < -0.4 is 10.6 Å². The fraction of sp³-hybridized carbons (Fsp3) is 0.214.